The number of unbranched alkanes of at least 4 members (excludes halogenated alkanes) is 9. The normalized spacial score (nSPS) is 11.2. The number of anilines is 1. The van der Waals surface area contributed by atoms with Gasteiger partial charge < -0.3 is 5.73 Å². The quantitative estimate of drug-likeness (QED) is 0.343. The van der Waals surface area contributed by atoms with Gasteiger partial charge in [0, 0.05) is 11.1 Å². The lowest BCUT2D eigenvalue weighted by Gasteiger charge is -2.12. The number of hydrogen-bond donors (Lipinski definition) is 1. The Labute approximate surface area is 148 Å². The summed E-state index contributed by atoms with van der Waals surface area (Å²) in [7, 11) is 0. The second-order valence-electron chi connectivity index (χ2n) is 7.23. The molecule has 0 radical (unpaired) electrons. The molecular weight excluding hydrogens is 290 g/mol. The topological polar surface area (TPSA) is 26.0 Å². The molecule has 0 spiro atoms. The fourth-order valence-electron chi connectivity index (χ4n) is 3.60. The van der Waals surface area contributed by atoms with Crippen LogP contribution in [0.3, 0.4) is 0 Å². The Morgan fingerprint density at radius 2 is 1.38 bits per heavy atom. The Morgan fingerprint density at radius 1 is 0.792 bits per heavy atom. The van der Waals surface area contributed by atoms with Crippen LogP contribution in [-0.4, -0.2) is 0 Å². The zero-order chi connectivity index (χ0) is 17.2. The Balaban J connectivity index is 1.69. The molecule has 2 aromatic rings. The van der Waals surface area contributed by atoms with Crippen LogP contribution < -0.4 is 5.73 Å². The van der Waals surface area contributed by atoms with E-state index in [9.17, 15) is 0 Å². The highest BCUT2D eigenvalue weighted by atomic mass is 14.6. The van der Waals surface area contributed by atoms with Crippen molar-refractivity contribution in [3.05, 3.63) is 41.5 Å². The van der Waals surface area contributed by atoms with Crippen molar-refractivity contribution >= 4 is 16.5 Å². The van der Waals surface area contributed by atoms with E-state index in [1.807, 2.05) is 0 Å². The molecule has 2 rings (SSSR count). The SMILES string of the molecule is CCCCCCCCCCCCc1cc2ccccc2c(N)c1C. The Bertz CT molecular complexity index is 615. The lowest BCUT2D eigenvalue weighted by atomic mass is 9.95. The molecule has 0 amide bonds. The van der Waals surface area contributed by atoms with Crippen molar-refractivity contribution in [2.24, 2.45) is 0 Å². The Hall–Kier alpha value is -1.50. The summed E-state index contributed by atoms with van der Waals surface area (Å²) in [5, 5.41) is 2.48. The first-order valence-corrected chi connectivity index (χ1v) is 10.0. The first-order valence-electron chi connectivity index (χ1n) is 10.0. The molecule has 0 aliphatic heterocycles. The number of benzene rings is 2. The average Bonchev–Trinajstić information content (AvgIpc) is 2.60. The zero-order valence-electron chi connectivity index (χ0n) is 15.7. The first kappa shape index (κ1) is 18.8. The fraction of sp³-hybridized carbons (Fsp3) is 0.565. The molecule has 0 fully saturated rings. The highest BCUT2D eigenvalue weighted by Gasteiger charge is 2.07. The van der Waals surface area contributed by atoms with Crippen LogP contribution in [0.5, 0.6) is 0 Å². The van der Waals surface area contributed by atoms with Crippen molar-refractivity contribution in [3.8, 4) is 0 Å². The van der Waals surface area contributed by atoms with E-state index in [4.69, 9.17) is 5.73 Å². The molecule has 24 heavy (non-hydrogen) atoms. The molecule has 0 saturated carbocycles. The van der Waals surface area contributed by atoms with Gasteiger partial charge in [-0.1, -0.05) is 95.0 Å². The summed E-state index contributed by atoms with van der Waals surface area (Å²) in [6.45, 7) is 4.46. The summed E-state index contributed by atoms with van der Waals surface area (Å²) in [4.78, 5) is 0. The average molecular weight is 326 g/mol. The molecule has 0 unspecified atom stereocenters. The summed E-state index contributed by atoms with van der Waals surface area (Å²) in [5.74, 6) is 0. The predicted octanol–water partition coefficient (Wildman–Crippen LogP) is 7.19. The third-order valence-electron chi connectivity index (χ3n) is 5.27. The summed E-state index contributed by atoms with van der Waals surface area (Å²) in [6, 6.07) is 10.8. The molecule has 0 aliphatic rings. The molecule has 0 atom stereocenters. The van der Waals surface area contributed by atoms with Crippen molar-refractivity contribution in [1.82, 2.24) is 0 Å². The van der Waals surface area contributed by atoms with Crippen molar-refractivity contribution in [2.75, 3.05) is 5.73 Å². The van der Waals surface area contributed by atoms with Crippen molar-refractivity contribution < 1.29 is 0 Å². The van der Waals surface area contributed by atoms with Crippen LogP contribution in [0.1, 0.15) is 82.3 Å². The van der Waals surface area contributed by atoms with Crippen LogP contribution in [0, 0.1) is 6.92 Å². The van der Waals surface area contributed by atoms with E-state index in [2.05, 4.69) is 44.2 Å². The van der Waals surface area contributed by atoms with Crippen LogP contribution in [0.15, 0.2) is 30.3 Å². The van der Waals surface area contributed by atoms with Crippen LogP contribution >= 0.6 is 0 Å². The number of hydrogen-bond acceptors (Lipinski definition) is 1. The summed E-state index contributed by atoms with van der Waals surface area (Å²) < 4.78 is 0. The van der Waals surface area contributed by atoms with Crippen LogP contribution in [0.2, 0.25) is 0 Å². The smallest absolute Gasteiger partial charge is 0.0426 e. The van der Waals surface area contributed by atoms with E-state index in [-0.39, 0.29) is 0 Å². The molecule has 2 aromatic carbocycles. The first-order chi connectivity index (χ1) is 11.7. The molecule has 1 nitrogen and oxygen atoms in total. The predicted molar refractivity (Wildman–Crippen MR) is 109 cm³/mol. The van der Waals surface area contributed by atoms with Crippen LogP contribution in [-0.2, 0) is 6.42 Å². The number of fused-ring (bicyclic) bond motifs is 1. The molecule has 0 saturated heterocycles. The van der Waals surface area contributed by atoms with Crippen LogP contribution in [0.4, 0.5) is 5.69 Å². The molecule has 132 valence electrons. The standard InChI is InChI=1S/C23H35N/c1-3-4-5-6-7-8-9-10-11-12-15-20-18-21-16-13-14-17-22(21)23(24)19(20)2/h13-14,16-18H,3-12,15,24H2,1-2H3. The van der Waals surface area contributed by atoms with E-state index in [1.54, 1.807) is 0 Å². The highest BCUT2D eigenvalue weighted by Crippen LogP contribution is 2.28. The Kier molecular flexibility index (Phi) is 8.15. The molecule has 2 N–H and O–H groups in total. The maximum atomic E-state index is 6.34. The number of nitrogens with two attached hydrogens (primary N) is 1. The molecule has 0 bridgehead atoms. The van der Waals surface area contributed by atoms with Gasteiger partial charge in [0.15, 0.2) is 0 Å². The molecular formula is C23H35N. The molecule has 1 heteroatoms. The second kappa shape index (κ2) is 10.4. The molecule has 0 heterocycles. The van der Waals surface area contributed by atoms with Crippen molar-refractivity contribution in [3.63, 3.8) is 0 Å². The minimum atomic E-state index is 0.968. The zero-order valence-corrected chi connectivity index (χ0v) is 15.7. The van der Waals surface area contributed by atoms with Gasteiger partial charge in [-0.3, -0.25) is 0 Å². The summed E-state index contributed by atoms with van der Waals surface area (Å²) >= 11 is 0. The lowest BCUT2D eigenvalue weighted by Crippen LogP contribution is -1.98. The number of aryl methyl sites for hydroxylation is 1. The van der Waals surface area contributed by atoms with Crippen molar-refractivity contribution in [1.29, 1.82) is 0 Å². The van der Waals surface area contributed by atoms with Gasteiger partial charge >= 0.3 is 0 Å². The van der Waals surface area contributed by atoms with E-state index >= 15 is 0 Å². The summed E-state index contributed by atoms with van der Waals surface area (Å²) in [5.41, 5.74) is 10.0. The number of nitrogen functional groups attached to an aromatic ring is 1. The third kappa shape index (κ3) is 5.54. The van der Waals surface area contributed by atoms with Gasteiger partial charge in [-0.2, -0.15) is 0 Å². The van der Waals surface area contributed by atoms with E-state index in [1.165, 1.54) is 86.1 Å². The van der Waals surface area contributed by atoms with Gasteiger partial charge in [0.05, 0.1) is 0 Å². The maximum absolute atomic E-state index is 6.34. The Morgan fingerprint density at radius 3 is 2.04 bits per heavy atom. The highest BCUT2D eigenvalue weighted by molar-refractivity contribution is 5.95. The van der Waals surface area contributed by atoms with Crippen molar-refractivity contribution in [2.45, 2.75) is 84.5 Å². The van der Waals surface area contributed by atoms with E-state index in [0.717, 1.165) is 12.1 Å². The van der Waals surface area contributed by atoms with Gasteiger partial charge in [0.25, 0.3) is 0 Å². The van der Waals surface area contributed by atoms with Gasteiger partial charge in [0.1, 0.15) is 0 Å². The molecule has 0 aliphatic carbocycles. The minimum Gasteiger partial charge on any atom is -0.398 e. The van der Waals surface area contributed by atoms with Gasteiger partial charge in [0.2, 0.25) is 0 Å². The number of rotatable bonds is 11. The fourth-order valence-corrected chi connectivity index (χ4v) is 3.60. The molecule has 0 aromatic heterocycles. The summed E-state index contributed by atoms with van der Waals surface area (Å²) in [6.07, 6.45) is 15.1. The lowest BCUT2D eigenvalue weighted by molar-refractivity contribution is 0.556. The maximum Gasteiger partial charge on any atom is 0.0426 e. The third-order valence-corrected chi connectivity index (χ3v) is 5.27. The monoisotopic (exact) mass is 325 g/mol. The minimum absolute atomic E-state index is 0.968. The van der Waals surface area contributed by atoms with Crippen LogP contribution in [0.25, 0.3) is 10.8 Å². The largest absolute Gasteiger partial charge is 0.398 e. The van der Waals surface area contributed by atoms with Gasteiger partial charge in [-0.25, -0.2) is 0 Å². The van der Waals surface area contributed by atoms with Gasteiger partial charge in [-0.15, -0.1) is 0 Å². The van der Waals surface area contributed by atoms with Gasteiger partial charge in [-0.05, 0) is 36.3 Å². The van der Waals surface area contributed by atoms with E-state index in [0.29, 0.717) is 0 Å². The second-order valence-corrected chi connectivity index (χ2v) is 7.23. The van der Waals surface area contributed by atoms with E-state index < -0.39 is 0 Å².